The molecule has 0 spiro atoms. The van der Waals surface area contributed by atoms with E-state index in [1.807, 2.05) is 6.92 Å². The van der Waals surface area contributed by atoms with E-state index in [0.29, 0.717) is 0 Å². The number of esters is 1. The standard InChI is InChI=1S/C13H20N2O4S/c1-4-19-13(16)11-6-5-7-12(8-11)20(17,18)15-9-10(2)14-3/h5-8,10,14-15H,4,9H2,1-3H3. The number of sulfonamides is 1. The van der Waals surface area contributed by atoms with Gasteiger partial charge in [-0.3, -0.25) is 0 Å². The highest BCUT2D eigenvalue weighted by atomic mass is 32.2. The quantitative estimate of drug-likeness (QED) is 0.726. The average Bonchev–Trinajstić information content (AvgIpc) is 2.45. The number of likely N-dealkylation sites (N-methyl/N-ethyl adjacent to an activating group) is 1. The summed E-state index contributed by atoms with van der Waals surface area (Å²) in [4.78, 5) is 11.6. The molecule has 0 aliphatic heterocycles. The number of hydrogen-bond acceptors (Lipinski definition) is 5. The number of rotatable bonds is 7. The molecule has 1 aromatic rings. The van der Waals surface area contributed by atoms with Crippen molar-refractivity contribution in [1.82, 2.24) is 10.0 Å². The van der Waals surface area contributed by atoms with Gasteiger partial charge in [-0.15, -0.1) is 0 Å². The van der Waals surface area contributed by atoms with E-state index in [-0.39, 0.29) is 29.7 Å². The van der Waals surface area contributed by atoms with Crippen molar-refractivity contribution in [3.05, 3.63) is 29.8 Å². The SMILES string of the molecule is CCOC(=O)c1cccc(S(=O)(=O)NCC(C)NC)c1. The minimum Gasteiger partial charge on any atom is -0.462 e. The van der Waals surface area contributed by atoms with Crippen LogP contribution in [0.1, 0.15) is 24.2 Å². The van der Waals surface area contributed by atoms with Crippen molar-refractivity contribution in [1.29, 1.82) is 0 Å². The van der Waals surface area contributed by atoms with Crippen molar-refractivity contribution in [3.63, 3.8) is 0 Å². The Morgan fingerprint density at radius 3 is 2.70 bits per heavy atom. The Morgan fingerprint density at radius 1 is 1.40 bits per heavy atom. The Morgan fingerprint density at radius 2 is 2.10 bits per heavy atom. The Balaban J connectivity index is 2.90. The zero-order chi connectivity index (χ0) is 15.2. The van der Waals surface area contributed by atoms with E-state index in [2.05, 4.69) is 10.0 Å². The van der Waals surface area contributed by atoms with Gasteiger partial charge in [0.2, 0.25) is 10.0 Å². The summed E-state index contributed by atoms with van der Waals surface area (Å²) in [5, 5.41) is 2.93. The molecule has 0 radical (unpaired) electrons. The predicted octanol–water partition coefficient (Wildman–Crippen LogP) is 0.750. The molecule has 2 N–H and O–H groups in total. The highest BCUT2D eigenvalue weighted by Crippen LogP contribution is 2.12. The molecular weight excluding hydrogens is 280 g/mol. The second kappa shape index (κ2) is 7.37. The van der Waals surface area contributed by atoms with Gasteiger partial charge in [-0.05, 0) is 39.1 Å². The monoisotopic (exact) mass is 300 g/mol. The summed E-state index contributed by atoms with van der Waals surface area (Å²) >= 11 is 0. The normalized spacial score (nSPS) is 12.9. The van der Waals surface area contributed by atoms with Gasteiger partial charge in [0, 0.05) is 12.6 Å². The topological polar surface area (TPSA) is 84.5 Å². The number of carbonyl (C=O) groups is 1. The van der Waals surface area contributed by atoms with Crippen molar-refractivity contribution in [2.75, 3.05) is 20.2 Å². The van der Waals surface area contributed by atoms with Crippen molar-refractivity contribution in [3.8, 4) is 0 Å². The summed E-state index contributed by atoms with van der Waals surface area (Å²) < 4.78 is 31.5. The van der Waals surface area contributed by atoms with Crippen molar-refractivity contribution in [2.24, 2.45) is 0 Å². The summed E-state index contributed by atoms with van der Waals surface area (Å²) in [7, 11) is -1.88. The molecule has 7 heteroatoms. The Labute approximate surface area is 119 Å². The molecule has 0 fully saturated rings. The smallest absolute Gasteiger partial charge is 0.338 e. The Bertz CT molecular complexity index is 557. The van der Waals surface area contributed by atoms with Crippen LogP contribution in [0.3, 0.4) is 0 Å². The van der Waals surface area contributed by atoms with E-state index in [1.54, 1.807) is 14.0 Å². The van der Waals surface area contributed by atoms with Crippen LogP contribution in [0.4, 0.5) is 0 Å². The van der Waals surface area contributed by atoms with Gasteiger partial charge in [0.25, 0.3) is 0 Å². The lowest BCUT2D eigenvalue weighted by Gasteiger charge is -2.12. The molecule has 6 nitrogen and oxygen atoms in total. The number of ether oxygens (including phenoxy) is 1. The predicted molar refractivity (Wildman–Crippen MR) is 76.1 cm³/mol. The van der Waals surface area contributed by atoms with Gasteiger partial charge in [0.05, 0.1) is 17.1 Å². The van der Waals surface area contributed by atoms with Crippen LogP contribution < -0.4 is 10.0 Å². The van der Waals surface area contributed by atoms with Gasteiger partial charge in [0.15, 0.2) is 0 Å². The van der Waals surface area contributed by atoms with E-state index >= 15 is 0 Å². The van der Waals surface area contributed by atoms with Crippen LogP contribution >= 0.6 is 0 Å². The van der Waals surface area contributed by atoms with E-state index in [4.69, 9.17) is 4.74 Å². The van der Waals surface area contributed by atoms with Crippen LogP contribution in [0.2, 0.25) is 0 Å². The van der Waals surface area contributed by atoms with Gasteiger partial charge in [-0.2, -0.15) is 0 Å². The molecular formula is C13H20N2O4S. The zero-order valence-electron chi connectivity index (χ0n) is 11.8. The summed E-state index contributed by atoms with van der Waals surface area (Å²) in [6.07, 6.45) is 0. The highest BCUT2D eigenvalue weighted by molar-refractivity contribution is 7.89. The maximum Gasteiger partial charge on any atom is 0.338 e. The lowest BCUT2D eigenvalue weighted by molar-refractivity contribution is 0.0526. The molecule has 0 aliphatic carbocycles. The molecule has 0 amide bonds. The molecule has 1 aromatic carbocycles. The van der Waals surface area contributed by atoms with Crippen LogP contribution in [-0.4, -0.2) is 40.6 Å². The second-order valence-electron chi connectivity index (χ2n) is 4.29. The minimum absolute atomic E-state index is 0.0121. The second-order valence-corrected chi connectivity index (χ2v) is 6.06. The van der Waals surface area contributed by atoms with Crippen LogP contribution in [-0.2, 0) is 14.8 Å². The van der Waals surface area contributed by atoms with Crippen molar-refractivity contribution >= 4 is 16.0 Å². The lowest BCUT2D eigenvalue weighted by Crippen LogP contribution is -2.37. The zero-order valence-corrected chi connectivity index (χ0v) is 12.7. The summed E-state index contributed by atoms with van der Waals surface area (Å²) in [5.74, 6) is -0.534. The summed E-state index contributed by atoms with van der Waals surface area (Å²) in [6.45, 7) is 4.06. The van der Waals surface area contributed by atoms with Crippen LogP contribution in [0, 0.1) is 0 Å². The summed E-state index contributed by atoms with van der Waals surface area (Å²) in [5.41, 5.74) is 0.219. The average molecular weight is 300 g/mol. The van der Waals surface area contributed by atoms with Gasteiger partial charge in [-0.1, -0.05) is 6.07 Å². The first-order valence-electron chi connectivity index (χ1n) is 6.34. The fourth-order valence-electron chi connectivity index (χ4n) is 1.42. The first-order chi connectivity index (χ1) is 9.40. The molecule has 1 atom stereocenters. The molecule has 0 saturated heterocycles. The minimum atomic E-state index is -3.63. The molecule has 112 valence electrons. The third-order valence-corrected chi connectivity index (χ3v) is 4.15. The third-order valence-electron chi connectivity index (χ3n) is 2.73. The molecule has 1 unspecified atom stereocenters. The number of hydrogen-bond donors (Lipinski definition) is 2. The maximum atomic E-state index is 12.1. The third kappa shape index (κ3) is 4.59. The van der Waals surface area contributed by atoms with Gasteiger partial charge in [-0.25, -0.2) is 17.9 Å². The van der Waals surface area contributed by atoms with Gasteiger partial charge < -0.3 is 10.1 Å². The number of carbonyl (C=O) groups excluding carboxylic acids is 1. The molecule has 0 aliphatic rings. The highest BCUT2D eigenvalue weighted by Gasteiger charge is 2.17. The summed E-state index contributed by atoms with van der Waals surface area (Å²) in [6, 6.07) is 5.80. The first kappa shape index (κ1) is 16.6. The maximum absolute atomic E-state index is 12.1. The van der Waals surface area contributed by atoms with Crippen LogP contribution in [0.25, 0.3) is 0 Å². The van der Waals surface area contributed by atoms with Gasteiger partial charge in [0.1, 0.15) is 0 Å². The fraction of sp³-hybridized carbons (Fsp3) is 0.462. The van der Waals surface area contributed by atoms with E-state index < -0.39 is 16.0 Å². The molecule has 20 heavy (non-hydrogen) atoms. The number of nitrogens with one attached hydrogen (secondary N) is 2. The molecule has 0 bridgehead atoms. The van der Waals surface area contributed by atoms with Crippen LogP contribution in [0.5, 0.6) is 0 Å². The largest absolute Gasteiger partial charge is 0.462 e. The van der Waals surface area contributed by atoms with Crippen LogP contribution in [0.15, 0.2) is 29.2 Å². The molecule has 0 aromatic heterocycles. The molecule has 0 heterocycles. The van der Waals surface area contributed by atoms with Crippen molar-refractivity contribution in [2.45, 2.75) is 24.8 Å². The van der Waals surface area contributed by atoms with E-state index in [9.17, 15) is 13.2 Å². The van der Waals surface area contributed by atoms with Gasteiger partial charge >= 0.3 is 5.97 Å². The fourth-order valence-corrected chi connectivity index (χ4v) is 2.60. The lowest BCUT2D eigenvalue weighted by atomic mass is 10.2. The number of benzene rings is 1. The van der Waals surface area contributed by atoms with E-state index in [0.717, 1.165) is 0 Å². The Hall–Kier alpha value is -1.44. The molecule has 0 saturated carbocycles. The van der Waals surface area contributed by atoms with E-state index in [1.165, 1.54) is 24.3 Å². The Kier molecular flexibility index (Phi) is 6.12. The van der Waals surface area contributed by atoms with Crippen molar-refractivity contribution < 1.29 is 17.9 Å². The molecule has 1 rings (SSSR count). The first-order valence-corrected chi connectivity index (χ1v) is 7.83.